The lowest BCUT2D eigenvalue weighted by atomic mass is 10.1. The molecule has 0 saturated carbocycles. The number of esters is 3. The molecule has 172 valence electrons. The smallest absolute Gasteiger partial charge is 0.344 e. The number of benzene rings is 2. The van der Waals surface area contributed by atoms with Crippen LogP contribution in [0.5, 0.6) is 11.5 Å². The Bertz CT molecular complexity index is 930. The first-order chi connectivity index (χ1) is 15.2. The number of ether oxygens (including phenoxy) is 5. The zero-order valence-corrected chi connectivity index (χ0v) is 18.7. The van der Waals surface area contributed by atoms with Crippen molar-refractivity contribution < 1.29 is 38.1 Å². The lowest BCUT2D eigenvalue weighted by Gasteiger charge is -2.19. The summed E-state index contributed by atoms with van der Waals surface area (Å²) in [5.41, 5.74) is 0.574. The van der Waals surface area contributed by atoms with E-state index >= 15 is 0 Å². The van der Waals surface area contributed by atoms with Crippen molar-refractivity contribution in [2.75, 3.05) is 26.9 Å². The molecule has 0 aliphatic heterocycles. The Kier molecular flexibility index (Phi) is 9.07. The number of carbonyl (C=O) groups excluding carboxylic acids is 3. The zero-order valence-electron chi connectivity index (χ0n) is 18.7. The van der Waals surface area contributed by atoms with Crippen molar-refractivity contribution in [2.24, 2.45) is 0 Å². The summed E-state index contributed by atoms with van der Waals surface area (Å²) in [5.74, 6) is -0.879. The molecule has 0 atom stereocenters. The van der Waals surface area contributed by atoms with Gasteiger partial charge in [0.2, 0.25) is 0 Å². The fourth-order valence-electron chi connectivity index (χ4n) is 2.61. The molecule has 2 rings (SSSR count). The second-order valence-corrected chi connectivity index (χ2v) is 7.77. The average molecular weight is 444 g/mol. The predicted octanol–water partition coefficient (Wildman–Crippen LogP) is 3.36. The fourth-order valence-corrected chi connectivity index (χ4v) is 2.61. The third kappa shape index (κ3) is 8.67. The minimum atomic E-state index is -0.677. The molecule has 0 amide bonds. The highest BCUT2D eigenvalue weighted by molar-refractivity contribution is 5.93. The molecule has 0 radical (unpaired) electrons. The van der Waals surface area contributed by atoms with Crippen molar-refractivity contribution in [1.29, 1.82) is 0 Å². The van der Waals surface area contributed by atoms with Crippen LogP contribution >= 0.6 is 0 Å². The maximum atomic E-state index is 12.2. The van der Waals surface area contributed by atoms with Crippen molar-refractivity contribution in [3.05, 3.63) is 59.7 Å². The Morgan fingerprint density at radius 1 is 0.875 bits per heavy atom. The van der Waals surface area contributed by atoms with Gasteiger partial charge in [0.05, 0.1) is 13.7 Å². The number of hydrogen-bond acceptors (Lipinski definition) is 8. The van der Waals surface area contributed by atoms with Crippen LogP contribution in [-0.4, -0.2) is 50.4 Å². The van der Waals surface area contributed by atoms with Gasteiger partial charge >= 0.3 is 17.9 Å². The summed E-state index contributed by atoms with van der Waals surface area (Å²) in [6, 6.07) is 13.9. The van der Waals surface area contributed by atoms with E-state index in [0.29, 0.717) is 17.9 Å². The predicted molar refractivity (Wildman–Crippen MR) is 116 cm³/mol. The van der Waals surface area contributed by atoms with Crippen LogP contribution in [0.3, 0.4) is 0 Å². The molecule has 0 spiro atoms. The molecule has 0 saturated heterocycles. The van der Waals surface area contributed by atoms with E-state index in [4.69, 9.17) is 18.9 Å². The van der Waals surface area contributed by atoms with Crippen molar-refractivity contribution in [3.63, 3.8) is 0 Å². The zero-order chi connectivity index (χ0) is 23.6. The second-order valence-electron chi connectivity index (χ2n) is 7.77. The summed E-state index contributed by atoms with van der Waals surface area (Å²) in [5, 5.41) is 0. The van der Waals surface area contributed by atoms with E-state index < -0.39 is 30.1 Å². The van der Waals surface area contributed by atoms with Gasteiger partial charge in [-0.15, -0.1) is 0 Å². The minimum absolute atomic E-state index is 0.182. The number of rotatable bonds is 10. The van der Waals surface area contributed by atoms with Crippen LogP contribution in [-0.2, 0) is 30.2 Å². The molecule has 32 heavy (non-hydrogen) atoms. The second kappa shape index (κ2) is 11.7. The van der Waals surface area contributed by atoms with Crippen LogP contribution in [0.1, 0.15) is 36.7 Å². The molecule has 0 N–H and O–H groups in total. The summed E-state index contributed by atoms with van der Waals surface area (Å²) in [6.45, 7) is 5.02. The van der Waals surface area contributed by atoms with Gasteiger partial charge in [0, 0.05) is 6.42 Å². The molecule has 2 aromatic carbocycles. The molecule has 8 nitrogen and oxygen atoms in total. The fraction of sp³-hybridized carbons (Fsp3) is 0.375. The number of para-hydroxylation sites is 1. The van der Waals surface area contributed by atoms with Crippen LogP contribution in [0.4, 0.5) is 0 Å². The molecule has 8 heteroatoms. The largest absolute Gasteiger partial charge is 0.492 e. The average Bonchev–Trinajstić information content (AvgIpc) is 2.75. The monoisotopic (exact) mass is 444 g/mol. The Balaban J connectivity index is 1.89. The maximum absolute atomic E-state index is 12.2. The van der Waals surface area contributed by atoms with Gasteiger partial charge in [0.15, 0.2) is 13.2 Å². The van der Waals surface area contributed by atoms with E-state index in [-0.39, 0.29) is 18.8 Å². The molecule has 0 aliphatic carbocycles. The molecule has 0 aliphatic rings. The van der Waals surface area contributed by atoms with Crippen LogP contribution in [0.2, 0.25) is 0 Å². The Hall–Kier alpha value is -3.55. The molecular formula is C24H28O8. The van der Waals surface area contributed by atoms with Crippen LogP contribution in [0.15, 0.2) is 48.5 Å². The lowest BCUT2D eigenvalue weighted by Crippen LogP contribution is -2.27. The van der Waals surface area contributed by atoms with E-state index in [1.165, 1.54) is 7.11 Å². The normalized spacial score (nSPS) is 10.8. The van der Waals surface area contributed by atoms with Gasteiger partial charge < -0.3 is 23.7 Å². The Labute approximate surface area is 187 Å². The molecule has 0 fully saturated rings. The highest BCUT2D eigenvalue weighted by Crippen LogP contribution is 2.20. The Morgan fingerprint density at radius 3 is 2.34 bits per heavy atom. The molecule has 0 unspecified atom stereocenters. The van der Waals surface area contributed by atoms with Gasteiger partial charge in [-0.2, -0.15) is 0 Å². The van der Waals surface area contributed by atoms with Gasteiger partial charge in [0.25, 0.3) is 0 Å². The molecule has 0 bridgehead atoms. The number of carbonyl (C=O) groups is 3. The summed E-state index contributed by atoms with van der Waals surface area (Å²) >= 11 is 0. The van der Waals surface area contributed by atoms with E-state index in [9.17, 15) is 14.4 Å². The summed E-state index contributed by atoms with van der Waals surface area (Å²) < 4.78 is 25.9. The standard InChI is InChI=1S/C24H28O8/c1-24(2,3)32-22(26)16-30-18-9-7-8-17(14-18)12-13-29-20-11-6-5-10-19(20)23(27)31-15-21(25)28-4/h5-11,14H,12-13,15-16H2,1-4H3. The van der Waals surface area contributed by atoms with Gasteiger partial charge in [-0.05, 0) is 50.6 Å². The van der Waals surface area contributed by atoms with Gasteiger partial charge in [-0.3, -0.25) is 0 Å². The number of hydrogen-bond donors (Lipinski definition) is 0. The summed E-state index contributed by atoms with van der Waals surface area (Å²) in [6.07, 6.45) is 0.537. The van der Waals surface area contributed by atoms with E-state index in [1.807, 2.05) is 18.2 Å². The maximum Gasteiger partial charge on any atom is 0.344 e. The first-order valence-corrected chi connectivity index (χ1v) is 10.1. The third-order valence-electron chi connectivity index (χ3n) is 3.98. The third-order valence-corrected chi connectivity index (χ3v) is 3.98. The van der Waals surface area contributed by atoms with Crippen molar-refractivity contribution in [1.82, 2.24) is 0 Å². The van der Waals surface area contributed by atoms with E-state index in [2.05, 4.69) is 4.74 Å². The van der Waals surface area contributed by atoms with E-state index in [1.54, 1.807) is 51.1 Å². The van der Waals surface area contributed by atoms with Crippen LogP contribution < -0.4 is 9.47 Å². The van der Waals surface area contributed by atoms with Crippen LogP contribution in [0, 0.1) is 0 Å². The van der Waals surface area contributed by atoms with Crippen molar-refractivity contribution >= 4 is 17.9 Å². The highest BCUT2D eigenvalue weighted by atomic mass is 16.6. The molecular weight excluding hydrogens is 416 g/mol. The summed E-state index contributed by atoms with van der Waals surface area (Å²) in [7, 11) is 1.21. The number of methoxy groups -OCH3 is 1. The lowest BCUT2D eigenvalue weighted by molar-refractivity contribution is -0.157. The van der Waals surface area contributed by atoms with Crippen LogP contribution in [0.25, 0.3) is 0 Å². The highest BCUT2D eigenvalue weighted by Gasteiger charge is 2.17. The minimum Gasteiger partial charge on any atom is -0.492 e. The Morgan fingerprint density at radius 2 is 1.62 bits per heavy atom. The van der Waals surface area contributed by atoms with Gasteiger partial charge in [0.1, 0.15) is 22.7 Å². The van der Waals surface area contributed by atoms with Gasteiger partial charge in [-0.1, -0.05) is 24.3 Å². The van der Waals surface area contributed by atoms with E-state index in [0.717, 1.165) is 5.56 Å². The quantitative estimate of drug-likeness (QED) is 0.407. The van der Waals surface area contributed by atoms with Crippen molar-refractivity contribution in [2.45, 2.75) is 32.8 Å². The topological polar surface area (TPSA) is 97.4 Å². The molecule has 0 aromatic heterocycles. The first kappa shape index (κ1) is 24.7. The molecule has 2 aromatic rings. The van der Waals surface area contributed by atoms with Crippen molar-refractivity contribution in [3.8, 4) is 11.5 Å². The SMILES string of the molecule is COC(=O)COC(=O)c1ccccc1OCCc1cccc(OCC(=O)OC(C)(C)C)c1. The molecule has 0 heterocycles. The summed E-state index contributed by atoms with van der Waals surface area (Å²) in [4.78, 5) is 35.2. The first-order valence-electron chi connectivity index (χ1n) is 10.1. The van der Waals surface area contributed by atoms with Gasteiger partial charge in [-0.25, -0.2) is 14.4 Å².